The van der Waals surface area contributed by atoms with Crippen LogP contribution in [-0.2, 0) is 0 Å². The highest BCUT2D eigenvalue weighted by molar-refractivity contribution is 5.15. The van der Waals surface area contributed by atoms with Gasteiger partial charge < -0.3 is 5.11 Å². The van der Waals surface area contributed by atoms with Crippen LogP contribution in [0, 0.1) is 34.0 Å². The second-order valence-corrected chi connectivity index (χ2v) is 10.4. The molecule has 1 spiro atoms. The Balaban J connectivity index is 1.73. The van der Waals surface area contributed by atoms with Gasteiger partial charge in [-0.3, -0.25) is 0 Å². The zero-order valence-corrected chi connectivity index (χ0v) is 14.5. The molecule has 4 fully saturated rings. The van der Waals surface area contributed by atoms with Crippen molar-refractivity contribution in [1.82, 2.24) is 0 Å². The molecule has 2 bridgehead atoms. The lowest BCUT2D eigenvalue weighted by molar-refractivity contribution is -0.145. The van der Waals surface area contributed by atoms with Gasteiger partial charge >= 0.3 is 0 Å². The van der Waals surface area contributed by atoms with E-state index in [0.29, 0.717) is 22.2 Å². The monoisotopic (exact) mass is 290 g/mol. The second-order valence-electron chi connectivity index (χ2n) is 10.4. The van der Waals surface area contributed by atoms with Crippen molar-refractivity contribution in [2.45, 2.75) is 91.1 Å². The summed E-state index contributed by atoms with van der Waals surface area (Å²) >= 11 is 0. The van der Waals surface area contributed by atoms with Crippen molar-refractivity contribution < 1.29 is 5.11 Å². The summed E-state index contributed by atoms with van der Waals surface area (Å²) < 4.78 is 0. The Hall–Kier alpha value is -0.0400. The fourth-order valence-corrected chi connectivity index (χ4v) is 8.12. The van der Waals surface area contributed by atoms with E-state index in [-0.39, 0.29) is 5.60 Å². The molecule has 0 aromatic heterocycles. The van der Waals surface area contributed by atoms with Crippen LogP contribution in [0.1, 0.15) is 85.5 Å². The van der Waals surface area contributed by atoms with E-state index in [1.165, 1.54) is 51.4 Å². The minimum absolute atomic E-state index is 0.373. The average Bonchev–Trinajstić information content (AvgIpc) is 2.53. The molecule has 4 rings (SSSR count). The maximum absolute atomic E-state index is 10.9. The molecule has 0 aliphatic heterocycles. The van der Waals surface area contributed by atoms with Gasteiger partial charge in [-0.05, 0) is 92.3 Å². The van der Waals surface area contributed by atoms with Crippen LogP contribution in [0.2, 0.25) is 0 Å². The average molecular weight is 290 g/mol. The van der Waals surface area contributed by atoms with E-state index < -0.39 is 0 Å². The molecule has 1 heteroatoms. The molecule has 120 valence electrons. The molecule has 21 heavy (non-hydrogen) atoms. The van der Waals surface area contributed by atoms with Crippen molar-refractivity contribution in [2.75, 3.05) is 0 Å². The zero-order valence-electron chi connectivity index (χ0n) is 14.5. The van der Waals surface area contributed by atoms with Crippen LogP contribution in [0.4, 0.5) is 0 Å². The number of hydrogen-bond acceptors (Lipinski definition) is 1. The standard InChI is InChI=1S/C20H34O/c1-17(2)9-5-10-18(3)15(17)8-11-20-12-14(6-7-16(18)20)19(4,21)13-20/h14-16,21H,5-13H2,1-4H3/t14?,15-,16+,18-,19+,20-/m0/s1. The van der Waals surface area contributed by atoms with Gasteiger partial charge in [-0.15, -0.1) is 0 Å². The first kappa shape index (κ1) is 14.5. The summed E-state index contributed by atoms with van der Waals surface area (Å²) in [4.78, 5) is 0. The summed E-state index contributed by atoms with van der Waals surface area (Å²) in [6, 6.07) is 0. The van der Waals surface area contributed by atoms with Crippen molar-refractivity contribution in [3.8, 4) is 0 Å². The van der Waals surface area contributed by atoms with Gasteiger partial charge in [0.2, 0.25) is 0 Å². The lowest BCUT2D eigenvalue weighted by Gasteiger charge is -2.64. The number of fused-ring (bicyclic) bond motifs is 3. The van der Waals surface area contributed by atoms with E-state index in [9.17, 15) is 5.11 Å². The third kappa shape index (κ3) is 1.79. The van der Waals surface area contributed by atoms with Gasteiger partial charge in [-0.25, -0.2) is 0 Å². The molecular formula is C20H34O. The number of hydrogen-bond donors (Lipinski definition) is 1. The highest BCUT2D eigenvalue weighted by Gasteiger charge is 2.65. The van der Waals surface area contributed by atoms with Crippen LogP contribution >= 0.6 is 0 Å². The van der Waals surface area contributed by atoms with Gasteiger partial charge in [0, 0.05) is 0 Å². The van der Waals surface area contributed by atoms with Crippen LogP contribution in [0.5, 0.6) is 0 Å². The molecule has 0 amide bonds. The summed E-state index contributed by atoms with van der Waals surface area (Å²) in [6.07, 6.45) is 12.2. The number of rotatable bonds is 0. The van der Waals surface area contributed by atoms with Crippen LogP contribution in [0.25, 0.3) is 0 Å². The van der Waals surface area contributed by atoms with E-state index in [4.69, 9.17) is 0 Å². The van der Waals surface area contributed by atoms with Gasteiger partial charge in [0.1, 0.15) is 0 Å². The normalized spacial score (nSPS) is 58.4. The molecule has 0 heterocycles. The fraction of sp³-hybridized carbons (Fsp3) is 1.00. The van der Waals surface area contributed by atoms with E-state index >= 15 is 0 Å². The highest BCUT2D eigenvalue weighted by Crippen LogP contribution is 2.72. The third-order valence-electron chi connectivity index (χ3n) is 8.79. The molecular weight excluding hydrogens is 256 g/mol. The van der Waals surface area contributed by atoms with Crippen molar-refractivity contribution in [1.29, 1.82) is 0 Å². The van der Waals surface area contributed by atoms with Crippen molar-refractivity contribution in [2.24, 2.45) is 34.0 Å². The predicted octanol–water partition coefficient (Wildman–Crippen LogP) is 5.17. The first-order valence-corrected chi connectivity index (χ1v) is 9.42. The number of aliphatic hydroxyl groups is 1. The first-order chi connectivity index (χ1) is 9.70. The molecule has 4 aliphatic rings. The lowest BCUT2D eigenvalue weighted by atomic mass is 9.41. The van der Waals surface area contributed by atoms with Gasteiger partial charge in [0.15, 0.2) is 0 Å². The van der Waals surface area contributed by atoms with Crippen LogP contribution in [-0.4, -0.2) is 10.7 Å². The summed E-state index contributed by atoms with van der Waals surface area (Å²) in [7, 11) is 0. The SMILES string of the molecule is CC1(C)CCC[C@@]2(C)[C@H]1CC[C@@]13CC(CC[C@@H]12)[C@](C)(O)C3. The topological polar surface area (TPSA) is 20.2 Å². The first-order valence-electron chi connectivity index (χ1n) is 9.42. The molecule has 0 radical (unpaired) electrons. The maximum Gasteiger partial charge on any atom is 0.0653 e. The smallest absolute Gasteiger partial charge is 0.0653 e. The Morgan fingerprint density at radius 3 is 2.38 bits per heavy atom. The molecule has 4 aliphatic carbocycles. The molecule has 1 unspecified atom stereocenters. The molecule has 6 atom stereocenters. The van der Waals surface area contributed by atoms with Gasteiger partial charge in [0.05, 0.1) is 5.60 Å². The van der Waals surface area contributed by atoms with Gasteiger partial charge in [-0.2, -0.15) is 0 Å². The molecule has 1 N–H and O–H groups in total. The lowest BCUT2D eigenvalue weighted by Crippen LogP contribution is -2.55. The largest absolute Gasteiger partial charge is 0.390 e. The van der Waals surface area contributed by atoms with Crippen LogP contribution in [0.15, 0.2) is 0 Å². The zero-order chi connectivity index (χ0) is 15.1. The third-order valence-corrected chi connectivity index (χ3v) is 8.79. The quantitative estimate of drug-likeness (QED) is 0.652. The summed E-state index contributed by atoms with van der Waals surface area (Å²) in [5, 5.41) is 10.9. The summed E-state index contributed by atoms with van der Waals surface area (Å²) in [6.45, 7) is 9.83. The van der Waals surface area contributed by atoms with Crippen molar-refractivity contribution in [3.63, 3.8) is 0 Å². The fourth-order valence-electron chi connectivity index (χ4n) is 8.12. The highest BCUT2D eigenvalue weighted by atomic mass is 16.3. The Labute approximate surface area is 130 Å². The predicted molar refractivity (Wildman–Crippen MR) is 87.0 cm³/mol. The van der Waals surface area contributed by atoms with E-state index in [0.717, 1.165) is 18.3 Å². The van der Waals surface area contributed by atoms with E-state index in [1.54, 1.807) is 0 Å². The second kappa shape index (κ2) is 4.08. The minimum Gasteiger partial charge on any atom is -0.390 e. The Kier molecular flexibility index (Phi) is 2.82. The van der Waals surface area contributed by atoms with Gasteiger partial charge in [0.25, 0.3) is 0 Å². The molecule has 0 aromatic rings. The Morgan fingerprint density at radius 2 is 1.62 bits per heavy atom. The van der Waals surface area contributed by atoms with E-state index in [1.807, 2.05) is 0 Å². The maximum atomic E-state index is 10.9. The van der Waals surface area contributed by atoms with Gasteiger partial charge in [-0.1, -0.05) is 27.2 Å². The molecule has 4 saturated carbocycles. The summed E-state index contributed by atoms with van der Waals surface area (Å²) in [5.41, 5.74) is 1.20. The van der Waals surface area contributed by atoms with E-state index in [2.05, 4.69) is 27.7 Å². The summed E-state index contributed by atoms with van der Waals surface area (Å²) in [5.74, 6) is 2.38. The molecule has 0 saturated heterocycles. The van der Waals surface area contributed by atoms with Crippen molar-refractivity contribution >= 4 is 0 Å². The van der Waals surface area contributed by atoms with Crippen molar-refractivity contribution in [3.05, 3.63) is 0 Å². The Morgan fingerprint density at radius 1 is 0.857 bits per heavy atom. The van der Waals surface area contributed by atoms with Crippen LogP contribution < -0.4 is 0 Å². The Bertz CT molecular complexity index is 451. The molecule has 1 nitrogen and oxygen atoms in total. The minimum atomic E-state index is -0.373. The van der Waals surface area contributed by atoms with Crippen LogP contribution in [0.3, 0.4) is 0 Å². The molecule has 0 aromatic carbocycles.